The van der Waals surface area contributed by atoms with Crippen molar-refractivity contribution >= 4 is 39.4 Å². The van der Waals surface area contributed by atoms with Crippen LogP contribution in [0.3, 0.4) is 0 Å². The predicted octanol–water partition coefficient (Wildman–Crippen LogP) is 5.06. The number of aryl methyl sites for hydroxylation is 1. The van der Waals surface area contributed by atoms with Gasteiger partial charge in [-0.2, -0.15) is 4.98 Å². The van der Waals surface area contributed by atoms with E-state index in [0.29, 0.717) is 31.3 Å². The van der Waals surface area contributed by atoms with Gasteiger partial charge in [0.15, 0.2) is 11.5 Å². The number of para-hydroxylation sites is 1. The van der Waals surface area contributed by atoms with E-state index in [4.69, 9.17) is 29.2 Å². The second kappa shape index (κ2) is 12.0. The van der Waals surface area contributed by atoms with E-state index in [1.807, 2.05) is 75.4 Å². The maximum absolute atomic E-state index is 12.2. The maximum Gasteiger partial charge on any atom is 0.407 e. The largest absolute Gasteiger partial charge is 0.445 e. The number of anilines is 2. The first-order valence-corrected chi connectivity index (χ1v) is 15.3. The summed E-state index contributed by atoms with van der Waals surface area (Å²) in [6, 6.07) is 17.5. The van der Waals surface area contributed by atoms with E-state index >= 15 is 0 Å². The smallest absolute Gasteiger partial charge is 0.407 e. The van der Waals surface area contributed by atoms with E-state index in [1.165, 1.54) is 0 Å². The molecule has 4 N–H and O–H groups in total. The average molecular weight is 605 g/mol. The molecule has 3 atom stereocenters. The maximum atomic E-state index is 12.2. The van der Waals surface area contributed by atoms with Crippen LogP contribution in [0.5, 0.6) is 0 Å². The number of fused-ring (bicyclic) bond motifs is 2. The van der Waals surface area contributed by atoms with Crippen LogP contribution in [-0.2, 0) is 20.8 Å². The van der Waals surface area contributed by atoms with Crippen LogP contribution >= 0.6 is 11.3 Å². The molecule has 0 radical (unpaired) electrons. The molecule has 226 valence electrons. The summed E-state index contributed by atoms with van der Waals surface area (Å²) >= 11 is 1.57. The van der Waals surface area contributed by atoms with Crippen molar-refractivity contribution < 1.29 is 24.1 Å². The first-order chi connectivity index (χ1) is 20.7. The highest BCUT2D eigenvalue weighted by Crippen LogP contribution is 2.50. The van der Waals surface area contributed by atoms with Gasteiger partial charge in [-0.3, -0.25) is 0 Å². The molecule has 11 nitrogen and oxygen atoms in total. The number of aromatic nitrogens is 3. The third kappa shape index (κ3) is 6.28. The molecule has 0 bridgehead atoms. The van der Waals surface area contributed by atoms with Gasteiger partial charge in [-0.1, -0.05) is 42.5 Å². The Morgan fingerprint density at radius 2 is 1.88 bits per heavy atom. The van der Waals surface area contributed by atoms with Gasteiger partial charge in [-0.05, 0) is 51.3 Å². The number of nitrogens with zero attached hydrogens (tertiary/aromatic N) is 3. The van der Waals surface area contributed by atoms with Crippen molar-refractivity contribution in [2.24, 2.45) is 5.92 Å². The zero-order valence-corrected chi connectivity index (χ0v) is 25.2. The Morgan fingerprint density at radius 1 is 1.09 bits per heavy atom. The SMILES string of the molecule is Cc1nc(NCCNC(=O)OCc2ccccc2)nc(N[C@@]23CC[C@H](CO)[C@H]2OC(C)(C)O3)c1-c1nc2ccccc2s1. The minimum atomic E-state index is -0.871. The third-order valence-electron chi connectivity index (χ3n) is 7.67. The lowest BCUT2D eigenvalue weighted by Gasteiger charge is -2.31. The van der Waals surface area contributed by atoms with Gasteiger partial charge in [0.2, 0.25) is 5.95 Å². The van der Waals surface area contributed by atoms with Crippen LogP contribution in [0.25, 0.3) is 20.8 Å². The number of ether oxygens (including phenoxy) is 3. The molecule has 1 amide bonds. The molecule has 2 aliphatic rings. The van der Waals surface area contributed by atoms with Crippen LogP contribution in [-0.4, -0.2) is 63.5 Å². The number of alkyl carbamates (subject to hydrolysis) is 1. The Morgan fingerprint density at radius 3 is 2.67 bits per heavy atom. The van der Waals surface area contributed by atoms with E-state index in [9.17, 15) is 9.90 Å². The average Bonchev–Trinajstić information content (AvgIpc) is 3.62. The lowest BCUT2D eigenvalue weighted by molar-refractivity contribution is -0.168. The minimum Gasteiger partial charge on any atom is -0.445 e. The first kappa shape index (κ1) is 29.2. The van der Waals surface area contributed by atoms with Gasteiger partial charge >= 0.3 is 6.09 Å². The fourth-order valence-electron chi connectivity index (χ4n) is 5.78. The zero-order chi connectivity index (χ0) is 30.0. The summed E-state index contributed by atoms with van der Waals surface area (Å²) in [5.74, 6) is 0.0700. The molecule has 1 aliphatic heterocycles. The van der Waals surface area contributed by atoms with E-state index in [-0.39, 0.29) is 25.2 Å². The van der Waals surface area contributed by atoms with Crippen LogP contribution in [0, 0.1) is 12.8 Å². The summed E-state index contributed by atoms with van der Waals surface area (Å²) in [7, 11) is 0. The van der Waals surface area contributed by atoms with Gasteiger partial charge in [0, 0.05) is 25.6 Å². The summed E-state index contributed by atoms with van der Waals surface area (Å²) in [4.78, 5) is 26.7. The van der Waals surface area contributed by atoms with Crippen molar-refractivity contribution in [3.63, 3.8) is 0 Å². The van der Waals surface area contributed by atoms with Crippen molar-refractivity contribution in [3.8, 4) is 10.6 Å². The predicted molar refractivity (Wildman–Crippen MR) is 165 cm³/mol. The van der Waals surface area contributed by atoms with Crippen molar-refractivity contribution in [1.29, 1.82) is 0 Å². The van der Waals surface area contributed by atoms with E-state index in [2.05, 4.69) is 16.0 Å². The van der Waals surface area contributed by atoms with Gasteiger partial charge in [0.05, 0.1) is 21.5 Å². The van der Waals surface area contributed by atoms with Crippen molar-refractivity contribution in [3.05, 3.63) is 65.9 Å². The Labute approximate surface area is 254 Å². The summed E-state index contributed by atoms with van der Waals surface area (Å²) in [5, 5.41) is 20.4. The Balaban J connectivity index is 1.22. The number of amides is 1. The molecule has 4 aromatic rings. The number of carbonyl (C=O) groups is 1. The fraction of sp³-hybridized carbons (Fsp3) is 0.419. The summed E-state index contributed by atoms with van der Waals surface area (Å²) in [6.45, 7) is 6.60. The van der Waals surface area contributed by atoms with Crippen LogP contribution in [0.4, 0.5) is 16.6 Å². The van der Waals surface area contributed by atoms with Gasteiger partial charge in [0.25, 0.3) is 0 Å². The number of hydrogen-bond donors (Lipinski definition) is 4. The van der Waals surface area contributed by atoms with E-state index in [1.54, 1.807) is 11.3 Å². The molecule has 6 rings (SSSR count). The molecule has 0 spiro atoms. The lowest BCUT2D eigenvalue weighted by atomic mass is 10.0. The van der Waals surface area contributed by atoms with Crippen molar-refractivity contribution in [2.75, 3.05) is 30.3 Å². The van der Waals surface area contributed by atoms with Crippen LogP contribution < -0.4 is 16.0 Å². The summed E-state index contributed by atoms with van der Waals surface area (Å²) in [5.41, 5.74) is 2.46. The first-order valence-electron chi connectivity index (χ1n) is 14.5. The molecule has 2 fully saturated rings. The standard InChI is InChI=1S/C31H36N6O5S/c1-19-24(27-35-22-11-7-8-12-23(22)43-27)26(37-31-14-13-21(17-38)25(31)41-30(2,3)42-31)36-28(34-19)32-15-16-33-29(39)40-18-20-9-5-4-6-10-20/h4-12,21,25,38H,13-18H2,1-3H3,(H,33,39)(H2,32,34,36,37)/t21-,25-,31-/m1/s1. The number of rotatable bonds is 10. The quantitative estimate of drug-likeness (QED) is 0.182. The Kier molecular flexibility index (Phi) is 8.19. The number of nitrogens with one attached hydrogen (secondary N) is 3. The minimum absolute atomic E-state index is 0.00858. The molecule has 0 unspecified atom stereocenters. The Hall–Kier alpha value is -3.84. The van der Waals surface area contributed by atoms with Crippen LogP contribution in [0.2, 0.25) is 0 Å². The Bertz CT molecular complexity index is 1570. The molecule has 43 heavy (non-hydrogen) atoms. The van der Waals surface area contributed by atoms with Gasteiger partial charge in [-0.25, -0.2) is 14.8 Å². The van der Waals surface area contributed by atoms with Gasteiger partial charge < -0.3 is 35.3 Å². The second-order valence-corrected chi connectivity index (χ2v) is 12.3. The normalized spacial score (nSPS) is 22.3. The fourth-order valence-corrected chi connectivity index (χ4v) is 6.84. The van der Waals surface area contributed by atoms with Gasteiger partial charge in [0.1, 0.15) is 23.5 Å². The molecule has 1 saturated heterocycles. The second-order valence-electron chi connectivity index (χ2n) is 11.3. The highest BCUT2D eigenvalue weighted by Gasteiger charge is 2.60. The monoisotopic (exact) mass is 604 g/mol. The molecule has 3 heterocycles. The van der Waals surface area contributed by atoms with E-state index < -0.39 is 17.6 Å². The number of hydrogen-bond acceptors (Lipinski definition) is 11. The number of aliphatic hydroxyl groups excluding tert-OH is 1. The number of thiazole rings is 1. The molecular formula is C31H36N6O5S. The van der Waals surface area contributed by atoms with Crippen LogP contribution in [0.1, 0.15) is 37.9 Å². The lowest BCUT2D eigenvalue weighted by Crippen LogP contribution is -2.46. The van der Waals surface area contributed by atoms with Crippen molar-refractivity contribution in [1.82, 2.24) is 20.3 Å². The molecule has 12 heteroatoms. The molecule has 2 aromatic carbocycles. The van der Waals surface area contributed by atoms with E-state index in [0.717, 1.165) is 38.5 Å². The third-order valence-corrected chi connectivity index (χ3v) is 8.72. The molecular weight excluding hydrogens is 568 g/mol. The van der Waals surface area contributed by atoms with Crippen LogP contribution in [0.15, 0.2) is 54.6 Å². The summed E-state index contributed by atoms with van der Waals surface area (Å²) in [6.07, 6.45) is 0.546. The topological polar surface area (TPSA) is 140 Å². The molecule has 1 saturated carbocycles. The summed E-state index contributed by atoms with van der Waals surface area (Å²) < 4.78 is 19.1. The molecule has 1 aliphatic carbocycles. The van der Waals surface area contributed by atoms with Crippen molar-refractivity contribution in [2.45, 2.75) is 57.8 Å². The highest BCUT2D eigenvalue weighted by atomic mass is 32.1. The highest BCUT2D eigenvalue weighted by molar-refractivity contribution is 7.21. The number of carbonyl (C=O) groups excluding carboxylic acids is 1. The zero-order valence-electron chi connectivity index (χ0n) is 24.4. The van der Waals surface area contributed by atoms with Gasteiger partial charge in [-0.15, -0.1) is 11.3 Å². The number of aliphatic hydroxyl groups is 1. The number of benzene rings is 2. The molecule has 2 aromatic heterocycles.